The van der Waals surface area contributed by atoms with Gasteiger partial charge in [-0.05, 0) is 43.7 Å². The van der Waals surface area contributed by atoms with Gasteiger partial charge in [-0.25, -0.2) is 4.98 Å². The Hall–Kier alpha value is -1.62. The number of aromatic nitrogens is 1. The van der Waals surface area contributed by atoms with E-state index in [2.05, 4.69) is 31.8 Å². The van der Waals surface area contributed by atoms with Gasteiger partial charge in [0.25, 0.3) is 0 Å². The van der Waals surface area contributed by atoms with Crippen LogP contribution in [0.5, 0.6) is 0 Å². The molecule has 1 aromatic heterocycles. The molecule has 1 amide bonds. The maximum atomic E-state index is 12.3. The number of pyridine rings is 1. The van der Waals surface area contributed by atoms with Crippen molar-refractivity contribution in [3.05, 3.63) is 24.4 Å². The molecule has 0 spiro atoms. The summed E-state index contributed by atoms with van der Waals surface area (Å²) in [7, 11) is 0. The fraction of sp³-hybridized carbons (Fsp3) is 0.684. The molecule has 5 nitrogen and oxygen atoms in total. The molecule has 1 aromatic rings. The summed E-state index contributed by atoms with van der Waals surface area (Å²) in [6.45, 7) is 7.41. The van der Waals surface area contributed by atoms with Gasteiger partial charge < -0.3 is 9.80 Å². The molecule has 4 rings (SSSR count). The normalized spacial score (nSPS) is 25.8. The molecule has 0 aromatic carbocycles. The Labute approximate surface area is 144 Å². The van der Waals surface area contributed by atoms with Crippen molar-refractivity contribution in [2.75, 3.05) is 50.7 Å². The molecule has 3 heterocycles. The van der Waals surface area contributed by atoms with Gasteiger partial charge in [0.15, 0.2) is 0 Å². The van der Waals surface area contributed by atoms with Gasteiger partial charge in [-0.2, -0.15) is 0 Å². The van der Waals surface area contributed by atoms with Gasteiger partial charge in [0.05, 0.1) is 0 Å². The van der Waals surface area contributed by atoms with E-state index in [9.17, 15) is 4.79 Å². The fourth-order valence-corrected chi connectivity index (χ4v) is 4.07. The summed E-state index contributed by atoms with van der Waals surface area (Å²) >= 11 is 0. The minimum Gasteiger partial charge on any atom is -0.354 e. The monoisotopic (exact) mass is 328 g/mol. The second kappa shape index (κ2) is 7.09. The van der Waals surface area contributed by atoms with Gasteiger partial charge in [0.2, 0.25) is 5.91 Å². The molecule has 2 saturated heterocycles. The molecule has 0 N–H and O–H groups in total. The molecule has 3 aliphatic rings. The van der Waals surface area contributed by atoms with Crippen LogP contribution in [-0.4, -0.2) is 66.5 Å². The topological polar surface area (TPSA) is 39.7 Å². The number of hydrogen-bond acceptors (Lipinski definition) is 4. The molecule has 1 atom stereocenters. The summed E-state index contributed by atoms with van der Waals surface area (Å²) in [6, 6.07) is 6.12. The van der Waals surface area contributed by atoms with Crippen molar-refractivity contribution in [2.24, 2.45) is 11.8 Å². The summed E-state index contributed by atoms with van der Waals surface area (Å²) < 4.78 is 0. The first-order valence-electron chi connectivity index (χ1n) is 9.47. The van der Waals surface area contributed by atoms with E-state index in [1.807, 2.05) is 12.3 Å². The van der Waals surface area contributed by atoms with Crippen LogP contribution in [0.3, 0.4) is 0 Å². The molecular weight excluding hydrogens is 300 g/mol. The van der Waals surface area contributed by atoms with E-state index < -0.39 is 0 Å². The summed E-state index contributed by atoms with van der Waals surface area (Å²) in [4.78, 5) is 23.9. The lowest BCUT2D eigenvalue weighted by atomic mass is 9.96. The number of carbonyl (C=O) groups excluding carboxylic acids is 1. The average molecular weight is 328 g/mol. The molecule has 0 radical (unpaired) electrons. The number of piperidine rings is 1. The highest BCUT2D eigenvalue weighted by Gasteiger charge is 2.35. The van der Waals surface area contributed by atoms with E-state index in [1.165, 1.54) is 12.8 Å². The Kier molecular flexibility index (Phi) is 4.69. The molecule has 0 bridgehead atoms. The van der Waals surface area contributed by atoms with Crippen molar-refractivity contribution >= 4 is 11.7 Å². The first-order chi connectivity index (χ1) is 11.8. The number of carbonyl (C=O) groups is 1. The minimum atomic E-state index is 0.366. The van der Waals surface area contributed by atoms with Gasteiger partial charge in [-0.15, -0.1) is 0 Å². The van der Waals surface area contributed by atoms with E-state index in [4.69, 9.17) is 0 Å². The van der Waals surface area contributed by atoms with Gasteiger partial charge in [-0.3, -0.25) is 9.69 Å². The van der Waals surface area contributed by atoms with Crippen molar-refractivity contribution in [3.8, 4) is 0 Å². The van der Waals surface area contributed by atoms with Crippen molar-refractivity contribution < 1.29 is 4.79 Å². The number of anilines is 1. The van der Waals surface area contributed by atoms with Crippen molar-refractivity contribution in [1.82, 2.24) is 14.8 Å². The van der Waals surface area contributed by atoms with Crippen molar-refractivity contribution in [1.29, 1.82) is 0 Å². The third-order valence-electron chi connectivity index (χ3n) is 5.62. The quantitative estimate of drug-likeness (QED) is 0.846. The number of rotatable bonds is 4. The maximum absolute atomic E-state index is 12.3. The van der Waals surface area contributed by atoms with Crippen LogP contribution >= 0.6 is 0 Å². The Morgan fingerprint density at radius 2 is 1.92 bits per heavy atom. The molecular formula is C19H28N4O. The summed E-state index contributed by atoms with van der Waals surface area (Å²) in [5.41, 5.74) is 0. The third-order valence-corrected chi connectivity index (χ3v) is 5.62. The second-order valence-electron chi connectivity index (χ2n) is 7.54. The first kappa shape index (κ1) is 15.9. The molecule has 1 saturated carbocycles. The summed E-state index contributed by atoms with van der Waals surface area (Å²) in [6.07, 6.45) is 6.56. The lowest BCUT2D eigenvalue weighted by Gasteiger charge is -2.39. The van der Waals surface area contributed by atoms with Crippen LogP contribution in [0.15, 0.2) is 24.4 Å². The fourth-order valence-electron chi connectivity index (χ4n) is 4.07. The smallest absolute Gasteiger partial charge is 0.225 e. The van der Waals surface area contributed by atoms with Gasteiger partial charge in [0, 0.05) is 57.9 Å². The Morgan fingerprint density at radius 1 is 1.08 bits per heavy atom. The van der Waals surface area contributed by atoms with Crippen molar-refractivity contribution in [3.63, 3.8) is 0 Å². The first-order valence-corrected chi connectivity index (χ1v) is 9.47. The largest absolute Gasteiger partial charge is 0.354 e. The standard InChI is InChI=1S/C19H28N4O/c24-19(17-6-7-17)23-9-3-4-16(15-23)14-21-10-12-22(13-11-21)18-5-1-2-8-20-18/h1-2,5,8,16-17H,3-4,6-7,9-15H2/t16-/m1/s1. The number of piperazine rings is 1. The number of hydrogen-bond donors (Lipinski definition) is 0. The number of likely N-dealkylation sites (tertiary alicyclic amines) is 1. The van der Waals surface area contributed by atoms with Gasteiger partial charge in [0.1, 0.15) is 5.82 Å². The zero-order valence-electron chi connectivity index (χ0n) is 14.4. The van der Waals surface area contributed by atoms with E-state index in [1.54, 1.807) is 0 Å². The highest BCUT2D eigenvalue weighted by atomic mass is 16.2. The van der Waals surface area contributed by atoms with E-state index in [-0.39, 0.29) is 0 Å². The highest BCUT2D eigenvalue weighted by Crippen LogP contribution is 2.32. The van der Waals surface area contributed by atoms with Crippen LogP contribution in [0.4, 0.5) is 5.82 Å². The lowest BCUT2D eigenvalue weighted by Crippen LogP contribution is -2.50. The molecule has 2 aliphatic heterocycles. The van der Waals surface area contributed by atoms with Crippen molar-refractivity contribution in [2.45, 2.75) is 25.7 Å². The number of amides is 1. The molecule has 5 heteroatoms. The van der Waals surface area contributed by atoms with Gasteiger partial charge in [-0.1, -0.05) is 6.07 Å². The van der Waals surface area contributed by atoms with Crippen LogP contribution in [0.2, 0.25) is 0 Å². The Morgan fingerprint density at radius 3 is 2.62 bits per heavy atom. The lowest BCUT2D eigenvalue weighted by molar-refractivity contribution is -0.134. The Balaban J connectivity index is 1.25. The van der Waals surface area contributed by atoms with E-state index in [0.29, 0.717) is 17.7 Å². The molecule has 130 valence electrons. The highest BCUT2D eigenvalue weighted by molar-refractivity contribution is 5.81. The van der Waals surface area contributed by atoms with Crippen LogP contribution in [0.25, 0.3) is 0 Å². The second-order valence-corrected chi connectivity index (χ2v) is 7.54. The van der Waals surface area contributed by atoms with E-state index in [0.717, 1.165) is 64.5 Å². The molecule has 24 heavy (non-hydrogen) atoms. The maximum Gasteiger partial charge on any atom is 0.225 e. The SMILES string of the molecule is O=C(C1CC1)N1CCC[C@H](CN2CCN(c3ccccn3)CC2)C1. The predicted octanol–water partition coefficient (Wildman–Crippen LogP) is 1.85. The van der Waals surface area contributed by atoms with Crippen LogP contribution in [-0.2, 0) is 4.79 Å². The van der Waals surface area contributed by atoms with Crippen LogP contribution in [0, 0.1) is 11.8 Å². The zero-order chi connectivity index (χ0) is 16.4. The summed E-state index contributed by atoms with van der Waals surface area (Å²) in [5, 5.41) is 0. The average Bonchev–Trinajstić information content (AvgIpc) is 3.48. The zero-order valence-corrected chi connectivity index (χ0v) is 14.4. The molecule has 1 aliphatic carbocycles. The Bertz CT molecular complexity index is 552. The van der Waals surface area contributed by atoms with Gasteiger partial charge >= 0.3 is 0 Å². The van der Waals surface area contributed by atoms with E-state index >= 15 is 0 Å². The molecule has 3 fully saturated rings. The molecule has 0 unspecified atom stereocenters. The summed E-state index contributed by atoms with van der Waals surface area (Å²) in [5.74, 6) is 2.55. The number of nitrogens with zero attached hydrogens (tertiary/aromatic N) is 4. The van der Waals surface area contributed by atoms with Crippen LogP contribution in [0.1, 0.15) is 25.7 Å². The minimum absolute atomic E-state index is 0.366. The predicted molar refractivity (Wildman–Crippen MR) is 94.9 cm³/mol. The third kappa shape index (κ3) is 3.72. The van der Waals surface area contributed by atoms with Crippen LogP contribution < -0.4 is 4.90 Å².